The molecule has 0 bridgehead atoms. The molecule has 0 amide bonds. The first-order valence-electron chi connectivity index (χ1n) is 21.9. The molecule has 6 heterocycles. The Hall–Kier alpha value is -6.94. The highest BCUT2D eigenvalue weighted by Gasteiger charge is 2.24. The largest absolute Gasteiger partial charge is 0.397 e. The highest BCUT2D eigenvalue weighted by Crippen LogP contribution is 2.31. The zero-order valence-corrected chi connectivity index (χ0v) is 37.1. The molecular formula is C42H60N18O4. The lowest BCUT2D eigenvalue weighted by atomic mass is 10.1. The lowest BCUT2D eigenvalue weighted by Gasteiger charge is -2.34. The van der Waals surface area contributed by atoms with E-state index in [1.54, 1.807) is 10.6 Å². The van der Waals surface area contributed by atoms with Crippen LogP contribution in [0.5, 0.6) is 0 Å². The molecule has 0 spiro atoms. The lowest BCUT2D eigenvalue weighted by molar-refractivity contribution is -0.384. The van der Waals surface area contributed by atoms with Gasteiger partial charge in [-0.2, -0.15) is 19.9 Å². The van der Waals surface area contributed by atoms with Crippen LogP contribution in [0, 0.1) is 10.1 Å². The third-order valence-electron chi connectivity index (χ3n) is 11.6. The average molecular weight is 881 g/mol. The third kappa shape index (κ3) is 10.3. The van der Waals surface area contributed by atoms with Gasteiger partial charge in [0.15, 0.2) is 22.9 Å². The second-order valence-electron chi connectivity index (χ2n) is 16.4. The average Bonchev–Trinajstić information content (AvgIpc) is 3.76. The van der Waals surface area contributed by atoms with Gasteiger partial charge in [0, 0.05) is 71.5 Å². The Morgan fingerprint density at radius 2 is 1.09 bits per heavy atom. The van der Waals surface area contributed by atoms with Gasteiger partial charge < -0.3 is 57.4 Å². The van der Waals surface area contributed by atoms with Gasteiger partial charge in [-0.1, -0.05) is 38.8 Å². The Labute approximate surface area is 370 Å². The van der Waals surface area contributed by atoms with Crippen molar-refractivity contribution in [1.29, 1.82) is 0 Å². The maximum absolute atomic E-state index is 12.6. The molecule has 2 saturated heterocycles. The van der Waals surface area contributed by atoms with Crippen LogP contribution in [-0.2, 0) is 13.1 Å². The number of hydrogen-bond acceptors (Lipinski definition) is 17. The van der Waals surface area contributed by atoms with Gasteiger partial charge in [-0.25, -0.2) is 9.59 Å². The fourth-order valence-electron chi connectivity index (χ4n) is 7.84. The molecule has 2 aliphatic heterocycles. The number of imidazole rings is 2. The number of nitrogens with zero attached hydrogens (tertiary/aromatic N) is 11. The van der Waals surface area contributed by atoms with Crippen LogP contribution in [-0.4, -0.2) is 133 Å². The van der Waals surface area contributed by atoms with Gasteiger partial charge in [0.1, 0.15) is 16.7 Å². The van der Waals surface area contributed by atoms with Crippen LogP contribution >= 0.6 is 0 Å². The van der Waals surface area contributed by atoms with Gasteiger partial charge in [0.25, 0.3) is 5.69 Å². The molecule has 0 radical (unpaired) electrons. The molecule has 22 nitrogen and oxygen atoms in total. The topological polar surface area (TPSA) is 285 Å². The monoisotopic (exact) mass is 881 g/mol. The van der Waals surface area contributed by atoms with Crippen LogP contribution in [0.25, 0.3) is 22.3 Å². The van der Waals surface area contributed by atoms with Crippen molar-refractivity contribution < 1.29 is 4.92 Å². The van der Waals surface area contributed by atoms with E-state index in [1.807, 2.05) is 36.2 Å². The Balaban J connectivity index is 0.000000192. The van der Waals surface area contributed by atoms with Gasteiger partial charge in [-0.15, -0.1) is 0 Å². The molecule has 2 fully saturated rings. The van der Waals surface area contributed by atoms with Gasteiger partial charge in [0.05, 0.1) is 29.4 Å². The molecule has 22 heteroatoms. The summed E-state index contributed by atoms with van der Waals surface area (Å²) in [6, 6.07) is 11.1. The van der Waals surface area contributed by atoms with Crippen molar-refractivity contribution in [3.05, 3.63) is 78.6 Å². The first kappa shape index (κ1) is 45.1. The Kier molecular flexibility index (Phi) is 14.1. The first-order valence-corrected chi connectivity index (χ1v) is 21.9. The fourth-order valence-corrected chi connectivity index (χ4v) is 7.84. The molecule has 342 valence electrons. The number of nitrogen functional groups attached to an aromatic ring is 3. The molecule has 8 rings (SSSR count). The number of aromatic nitrogens is 8. The number of H-pyrrole nitrogens is 2. The summed E-state index contributed by atoms with van der Waals surface area (Å²) in [5.74, 6) is 1.20. The Bertz CT molecular complexity index is 2690. The van der Waals surface area contributed by atoms with Crippen molar-refractivity contribution in [2.45, 2.75) is 52.6 Å². The summed E-state index contributed by atoms with van der Waals surface area (Å²) in [6.45, 7) is 13.2. The number of rotatable bonds is 15. The number of anilines is 7. The van der Waals surface area contributed by atoms with Crippen LogP contribution < -0.4 is 49.0 Å². The van der Waals surface area contributed by atoms with E-state index in [2.05, 4.69) is 76.1 Å². The number of nitrogens with two attached hydrogens (primary N) is 3. The number of piperazine rings is 2. The Morgan fingerprint density at radius 1 is 0.656 bits per heavy atom. The lowest BCUT2D eigenvalue weighted by Crippen LogP contribution is -2.44. The number of nitrogens with one attached hydrogen (secondary N) is 4. The SMILES string of the molecule is CCCCNc1nc(N)c2[nH]c(=O)n(Cc3ccc(N4CCN(C)CC4)c(N)c3)c2n1.CCCCNc1nc(N)c2[nH]c(=O)n(Cc3ccc(N4CCN(C)CC4)c([N+](=O)[O-])c3)c2n1. The van der Waals surface area contributed by atoms with Crippen molar-refractivity contribution in [3.63, 3.8) is 0 Å². The maximum Gasteiger partial charge on any atom is 0.328 e. The minimum atomic E-state index is -0.400. The van der Waals surface area contributed by atoms with E-state index in [9.17, 15) is 19.7 Å². The minimum absolute atomic E-state index is 0.0287. The molecule has 64 heavy (non-hydrogen) atoms. The number of nitro groups is 1. The summed E-state index contributed by atoms with van der Waals surface area (Å²) in [5, 5.41) is 18.1. The molecule has 0 atom stereocenters. The number of benzene rings is 2. The van der Waals surface area contributed by atoms with Gasteiger partial charge in [-0.3, -0.25) is 19.2 Å². The summed E-state index contributed by atoms with van der Waals surface area (Å²) in [7, 11) is 4.17. The second kappa shape index (κ2) is 20.1. The molecule has 0 unspecified atom stereocenters. The summed E-state index contributed by atoms with van der Waals surface area (Å²) >= 11 is 0. The predicted octanol–water partition coefficient (Wildman–Crippen LogP) is 2.92. The summed E-state index contributed by atoms with van der Waals surface area (Å²) in [5.41, 5.74) is 23.4. The van der Waals surface area contributed by atoms with Crippen molar-refractivity contribution >= 4 is 68.6 Å². The quantitative estimate of drug-likeness (QED) is 0.0338. The van der Waals surface area contributed by atoms with E-state index in [1.165, 1.54) is 10.6 Å². The molecule has 0 aliphatic carbocycles. The summed E-state index contributed by atoms with van der Waals surface area (Å²) < 4.78 is 3.00. The van der Waals surface area contributed by atoms with Crippen LogP contribution in [0.15, 0.2) is 46.0 Å². The van der Waals surface area contributed by atoms with Crippen molar-refractivity contribution in [2.24, 2.45) is 0 Å². The molecule has 2 aromatic carbocycles. The highest BCUT2D eigenvalue weighted by atomic mass is 16.6. The number of nitro benzene ring substituents is 1. The molecule has 0 saturated carbocycles. The van der Waals surface area contributed by atoms with Crippen molar-refractivity contribution in [2.75, 3.05) is 117 Å². The van der Waals surface area contributed by atoms with Crippen LogP contribution in [0.2, 0.25) is 0 Å². The van der Waals surface area contributed by atoms with E-state index < -0.39 is 5.69 Å². The van der Waals surface area contributed by atoms with Gasteiger partial charge in [0.2, 0.25) is 11.9 Å². The zero-order valence-electron chi connectivity index (χ0n) is 37.1. The molecule has 4 aromatic heterocycles. The smallest absolute Gasteiger partial charge is 0.328 e. The molecular weight excluding hydrogens is 821 g/mol. The number of fused-ring (bicyclic) bond motifs is 2. The Morgan fingerprint density at radius 3 is 1.53 bits per heavy atom. The van der Waals surface area contributed by atoms with Crippen molar-refractivity contribution in [1.82, 2.24) is 48.8 Å². The standard InChI is InChI=1S/C21H29N9O3.C21H31N9O/c1-3-4-7-23-20-25-18(22)17-19(26-20)29(21(31)24-17)13-14-5-6-15(16(12-14)30(32)33)28-10-8-27(2)9-11-28;1-3-4-7-24-20-26-18(23)17-19(27-20)30(21(31)25-17)13-14-5-6-16(15(22)12-14)29-10-8-28(2)9-11-29/h5-6,12H,3-4,7-11,13H2,1-2H3,(H,24,31)(H3,22,23,25,26);5-6,12H,3-4,7-11,13,22H2,1-2H3,(H,25,31)(H3,23,24,26,27). The molecule has 6 aromatic rings. The summed E-state index contributed by atoms with van der Waals surface area (Å²) in [6.07, 6.45) is 4.03. The normalized spacial score (nSPS) is 14.8. The van der Waals surface area contributed by atoms with Crippen LogP contribution in [0.4, 0.5) is 46.3 Å². The van der Waals surface area contributed by atoms with E-state index in [-0.39, 0.29) is 34.5 Å². The third-order valence-corrected chi connectivity index (χ3v) is 11.6. The zero-order chi connectivity index (χ0) is 45.5. The maximum atomic E-state index is 12.6. The van der Waals surface area contributed by atoms with Gasteiger partial charge in [-0.05, 0) is 56.3 Å². The second-order valence-corrected chi connectivity index (χ2v) is 16.4. The van der Waals surface area contributed by atoms with E-state index in [4.69, 9.17) is 17.2 Å². The predicted molar refractivity (Wildman–Crippen MR) is 253 cm³/mol. The summed E-state index contributed by atoms with van der Waals surface area (Å²) in [4.78, 5) is 68.5. The highest BCUT2D eigenvalue weighted by molar-refractivity contribution is 5.84. The number of hydrogen-bond donors (Lipinski definition) is 7. The van der Waals surface area contributed by atoms with Crippen LogP contribution in [0.1, 0.15) is 50.7 Å². The van der Waals surface area contributed by atoms with Crippen LogP contribution in [0.3, 0.4) is 0 Å². The number of aromatic amines is 2. The molecule has 10 N–H and O–H groups in total. The first-order chi connectivity index (χ1) is 30.8. The minimum Gasteiger partial charge on any atom is -0.397 e. The molecule has 2 aliphatic rings. The number of likely N-dealkylation sites (N-methyl/N-ethyl adjacent to an activating group) is 2. The number of unbranched alkanes of at least 4 members (excludes halogenated alkanes) is 2. The van der Waals surface area contributed by atoms with Crippen molar-refractivity contribution in [3.8, 4) is 0 Å². The van der Waals surface area contributed by atoms with E-state index in [0.29, 0.717) is 64.3 Å². The van der Waals surface area contributed by atoms with E-state index >= 15 is 0 Å². The fraction of sp³-hybridized carbons (Fsp3) is 0.476. The van der Waals surface area contributed by atoms with E-state index in [0.717, 1.165) is 95.8 Å². The van der Waals surface area contributed by atoms with Gasteiger partial charge >= 0.3 is 11.4 Å².